The number of carbonyl (C=O) groups excluding carboxylic acids is 1. The molecule has 0 atom stereocenters. The number of aryl methyl sites for hydroxylation is 1. The van der Waals surface area contributed by atoms with Crippen LogP contribution in [-0.4, -0.2) is 15.5 Å². The lowest BCUT2D eigenvalue weighted by molar-refractivity contribution is 0.0957. The molecule has 0 aliphatic carbocycles. The van der Waals surface area contributed by atoms with Crippen LogP contribution in [0.1, 0.15) is 20.4 Å². The number of hydrogen-bond acceptors (Lipinski definition) is 4. The van der Waals surface area contributed by atoms with Crippen molar-refractivity contribution >= 4 is 17.2 Å². The Morgan fingerprint density at radius 3 is 3.06 bits per heavy atom. The van der Waals surface area contributed by atoms with E-state index in [1.807, 2.05) is 23.8 Å². The lowest BCUT2D eigenvalue weighted by atomic mass is 10.4. The van der Waals surface area contributed by atoms with Crippen LogP contribution in [0, 0.1) is 6.92 Å². The van der Waals surface area contributed by atoms with E-state index in [9.17, 15) is 4.79 Å². The third-order valence-corrected chi connectivity index (χ3v) is 3.34. The molecular weight excluding hydrogens is 224 g/mol. The number of nitrogens with zero attached hydrogens (tertiary/aromatic N) is 2. The number of amides is 1. The van der Waals surface area contributed by atoms with Crippen molar-refractivity contribution < 1.29 is 4.79 Å². The SMILES string of the molecule is Cc1nccn1Cc1ccc(C(=O)NN)s1. The lowest BCUT2D eigenvalue weighted by Gasteiger charge is -2.01. The lowest BCUT2D eigenvalue weighted by Crippen LogP contribution is -2.29. The molecule has 16 heavy (non-hydrogen) atoms. The molecule has 0 saturated carbocycles. The molecule has 0 saturated heterocycles. The van der Waals surface area contributed by atoms with Crippen LogP contribution in [0.3, 0.4) is 0 Å². The highest BCUT2D eigenvalue weighted by Crippen LogP contribution is 2.17. The van der Waals surface area contributed by atoms with E-state index in [2.05, 4.69) is 10.4 Å². The summed E-state index contributed by atoms with van der Waals surface area (Å²) in [6, 6.07) is 3.70. The Kier molecular flexibility index (Phi) is 3.02. The smallest absolute Gasteiger partial charge is 0.275 e. The number of rotatable bonds is 3. The van der Waals surface area contributed by atoms with Crippen molar-refractivity contribution in [2.24, 2.45) is 5.84 Å². The number of hydrogen-bond donors (Lipinski definition) is 2. The highest BCUT2D eigenvalue weighted by molar-refractivity contribution is 7.14. The third-order valence-electron chi connectivity index (χ3n) is 2.27. The summed E-state index contributed by atoms with van der Waals surface area (Å²) in [6.07, 6.45) is 3.67. The number of imidazole rings is 1. The molecule has 2 aromatic rings. The number of aromatic nitrogens is 2. The van der Waals surface area contributed by atoms with Crippen LogP contribution in [0.15, 0.2) is 24.5 Å². The number of thiophene rings is 1. The number of nitrogens with two attached hydrogens (primary N) is 1. The van der Waals surface area contributed by atoms with Crippen molar-refractivity contribution in [1.82, 2.24) is 15.0 Å². The molecule has 3 N–H and O–H groups in total. The van der Waals surface area contributed by atoms with Gasteiger partial charge in [0.05, 0.1) is 11.4 Å². The van der Waals surface area contributed by atoms with E-state index in [1.165, 1.54) is 11.3 Å². The number of hydrazine groups is 1. The molecule has 6 heteroatoms. The molecule has 0 spiro atoms. The largest absolute Gasteiger partial charge is 0.330 e. The maximum atomic E-state index is 11.3. The fraction of sp³-hybridized carbons (Fsp3) is 0.200. The highest BCUT2D eigenvalue weighted by Gasteiger charge is 2.08. The van der Waals surface area contributed by atoms with Crippen molar-refractivity contribution in [2.75, 3.05) is 0 Å². The molecule has 2 aromatic heterocycles. The molecule has 0 aliphatic heterocycles. The summed E-state index contributed by atoms with van der Waals surface area (Å²) < 4.78 is 2.02. The zero-order chi connectivity index (χ0) is 11.5. The average Bonchev–Trinajstić information content (AvgIpc) is 2.89. The van der Waals surface area contributed by atoms with Gasteiger partial charge in [0, 0.05) is 17.3 Å². The normalized spacial score (nSPS) is 10.4. The summed E-state index contributed by atoms with van der Waals surface area (Å²) in [5, 5.41) is 0. The summed E-state index contributed by atoms with van der Waals surface area (Å²) in [5.74, 6) is 5.77. The van der Waals surface area contributed by atoms with Gasteiger partial charge in [-0.15, -0.1) is 11.3 Å². The second-order valence-electron chi connectivity index (χ2n) is 3.34. The average molecular weight is 236 g/mol. The van der Waals surface area contributed by atoms with Crippen molar-refractivity contribution in [3.63, 3.8) is 0 Å². The minimum absolute atomic E-state index is 0.251. The van der Waals surface area contributed by atoms with Gasteiger partial charge in [-0.25, -0.2) is 10.8 Å². The quantitative estimate of drug-likeness (QED) is 0.472. The van der Waals surface area contributed by atoms with Crippen molar-refractivity contribution in [2.45, 2.75) is 13.5 Å². The fourth-order valence-corrected chi connectivity index (χ4v) is 2.30. The molecule has 2 heterocycles. The molecule has 0 aromatic carbocycles. The minimum Gasteiger partial charge on any atom is -0.330 e. The van der Waals surface area contributed by atoms with Crippen LogP contribution in [0.2, 0.25) is 0 Å². The zero-order valence-corrected chi connectivity index (χ0v) is 9.62. The molecule has 0 bridgehead atoms. The Morgan fingerprint density at radius 1 is 1.62 bits per heavy atom. The maximum Gasteiger partial charge on any atom is 0.275 e. The Labute approximate surface area is 96.9 Å². The van der Waals surface area contributed by atoms with Gasteiger partial charge in [0.1, 0.15) is 5.82 Å². The Balaban J connectivity index is 2.14. The molecule has 0 unspecified atom stereocenters. The summed E-state index contributed by atoms with van der Waals surface area (Å²) in [7, 11) is 0. The second-order valence-corrected chi connectivity index (χ2v) is 4.51. The summed E-state index contributed by atoms with van der Waals surface area (Å²) in [4.78, 5) is 17.1. The van der Waals surface area contributed by atoms with E-state index in [-0.39, 0.29) is 5.91 Å². The third kappa shape index (κ3) is 2.12. The zero-order valence-electron chi connectivity index (χ0n) is 8.80. The van der Waals surface area contributed by atoms with Crippen LogP contribution in [0.25, 0.3) is 0 Å². The molecule has 1 amide bonds. The van der Waals surface area contributed by atoms with E-state index < -0.39 is 0 Å². The summed E-state index contributed by atoms with van der Waals surface area (Å²) >= 11 is 1.43. The van der Waals surface area contributed by atoms with Gasteiger partial charge in [0.25, 0.3) is 5.91 Å². The van der Waals surface area contributed by atoms with E-state index in [4.69, 9.17) is 5.84 Å². The van der Waals surface area contributed by atoms with Crippen molar-refractivity contribution in [3.8, 4) is 0 Å². The van der Waals surface area contributed by atoms with Crippen molar-refractivity contribution in [3.05, 3.63) is 40.1 Å². The predicted octanol–water partition coefficient (Wildman–Crippen LogP) is 0.905. The van der Waals surface area contributed by atoms with E-state index in [1.54, 1.807) is 12.3 Å². The first kappa shape index (κ1) is 10.8. The minimum atomic E-state index is -0.251. The van der Waals surface area contributed by atoms with Gasteiger partial charge in [-0.1, -0.05) is 0 Å². The Bertz CT molecular complexity index is 502. The van der Waals surface area contributed by atoms with Gasteiger partial charge < -0.3 is 4.57 Å². The fourth-order valence-electron chi connectivity index (χ4n) is 1.39. The van der Waals surface area contributed by atoms with Crippen LogP contribution < -0.4 is 11.3 Å². The monoisotopic (exact) mass is 236 g/mol. The molecule has 0 radical (unpaired) electrons. The maximum absolute atomic E-state index is 11.3. The first-order valence-electron chi connectivity index (χ1n) is 4.78. The van der Waals surface area contributed by atoms with Gasteiger partial charge in [0.2, 0.25) is 0 Å². The Morgan fingerprint density at radius 2 is 2.44 bits per heavy atom. The molecule has 2 rings (SSSR count). The first-order valence-corrected chi connectivity index (χ1v) is 5.59. The molecule has 5 nitrogen and oxygen atoms in total. The molecule has 0 fully saturated rings. The number of nitrogen functional groups attached to an aromatic ring is 1. The first-order chi connectivity index (χ1) is 7.70. The number of carbonyl (C=O) groups is 1. The van der Waals surface area contributed by atoms with E-state index in [0.717, 1.165) is 17.2 Å². The van der Waals surface area contributed by atoms with Gasteiger partial charge in [-0.2, -0.15) is 0 Å². The van der Waals surface area contributed by atoms with Crippen molar-refractivity contribution in [1.29, 1.82) is 0 Å². The van der Waals surface area contributed by atoms with Crippen LogP contribution in [-0.2, 0) is 6.54 Å². The van der Waals surface area contributed by atoms with Gasteiger partial charge in [-0.3, -0.25) is 10.2 Å². The molecule has 84 valence electrons. The summed E-state index contributed by atoms with van der Waals surface area (Å²) in [6.45, 7) is 2.68. The van der Waals surface area contributed by atoms with Crippen LogP contribution in [0.4, 0.5) is 0 Å². The topological polar surface area (TPSA) is 72.9 Å². The van der Waals surface area contributed by atoms with Crippen LogP contribution >= 0.6 is 11.3 Å². The predicted molar refractivity (Wildman–Crippen MR) is 62.0 cm³/mol. The van der Waals surface area contributed by atoms with Gasteiger partial charge in [0.15, 0.2) is 0 Å². The second kappa shape index (κ2) is 4.46. The molecular formula is C10H12N4OS. The van der Waals surface area contributed by atoms with Gasteiger partial charge in [-0.05, 0) is 19.1 Å². The standard InChI is InChI=1S/C10H12N4OS/c1-7-12-4-5-14(7)6-8-2-3-9(16-8)10(15)13-11/h2-5H,6,11H2,1H3,(H,13,15). The van der Waals surface area contributed by atoms with E-state index in [0.29, 0.717) is 4.88 Å². The van der Waals surface area contributed by atoms with Crippen LogP contribution in [0.5, 0.6) is 0 Å². The van der Waals surface area contributed by atoms with Gasteiger partial charge >= 0.3 is 0 Å². The highest BCUT2D eigenvalue weighted by atomic mass is 32.1. The molecule has 0 aliphatic rings. The Hall–Kier alpha value is -1.66. The van der Waals surface area contributed by atoms with E-state index >= 15 is 0 Å². The number of nitrogens with one attached hydrogen (secondary N) is 1. The summed E-state index contributed by atoms with van der Waals surface area (Å²) in [5.41, 5.74) is 2.12.